The summed E-state index contributed by atoms with van der Waals surface area (Å²) in [4.78, 5) is 13.2. The van der Waals surface area contributed by atoms with Gasteiger partial charge in [0.25, 0.3) is 0 Å². The minimum absolute atomic E-state index is 0.0431. The molecule has 4 aliphatic rings. The van der Waals surface area contributed by atoms with Gasteiger partial charge in [-0.3, -0.25) is 4.79 Å². The van der Waals surface area contributed by atoms with Gasteiger partial charge in [0, 0.05) is 22.6 Å². The molecule has 1 aromatic heterocycles. The first-order chi connectivity index (χ1) is 15.8. The summed E-state index contributed by atoms with van der Waals surface area (Å²) in [6.07, 6.45) is 11.7. The lowest BCUT2D eigenvalue weighted by Crippen LogP contribution is -2.60. The van der Waals surface area contributed by atoms with Crippen LogP contribution in [0.15, 0.2) is 36.5 Å². The van der Waals surface area contributed by atoms with E-state index in [2.05, 4.69) is 62.0 Å². The first-order valence-electron chi connectivity index (χ1n) is 13.1. The van der Waals surface area contributed by atoms with Crippen molar-refractivity contribution in [2.75, 3.05) is 6.61 Å². The molecule has 3 saturated carbocycles. The molecule has 0 N–H and O–H groups in total. The number of para-hydroxylation sites is 1. The third-order valence-corrected chi connectivity index (χ3v) is 10.6. The smallest absolute Gasteiger partial charge is 0.312 e. The molecule has 0 saturated heterocycles. The van der Waals surface area contributed by atoms with E-state index >= 15 is 0 Å². The summed E-state index contributed by atoms with van der Waals surface area (Å²) in [6, 6.07) is 10.6. The van der Waals surface area contributed by atoms with Crippen LogP contribution in [0.25, 0.3) is 5.69 Å². The van der Waals surface area contributed by atoms with Crippen molar-refractivity contribution in [2.45, 2.75) is 89.9 Å². The van der Waals surface area contributed by atoms with Gasteiger partial charge >= 0.3 is 5.97 Å². The summed E-state index contributed by atoms with van der Waals surface area (Å²) in [5, 5.41) is 5.21. The topological polar surface area (TPSA) is 44.1 Å². The number of carbonyl (C=O) groups is 1. The molecule has 6 atom stereocenters. The van der Waals surface area contributed by atoms with Crippen molar-refractivity contribution in [1.82, 2.24) is 9.78 Å². The molecule has 0 amide bonds. The van der Waals surface area contributed by atoms with Crippen LogP contribution >= 0.6 is 0 Å². The standard InChI is InChI=1S/C29H38N2O2/c1-5-33-25(32)28(4)15-9-14-27(3)22(28)13-17-29-19-26(2,16-12-23(27)29)24-21(29)18-31(30-24)20-10-7-6-8-11-20/h6-8,10-11,18,22-23H,5,9,12-17,19H2,1-4H3/t22-,23-,26-,27+,28+,29+/m0/s1. The number of hydrogen-bond donors (Lipinski definition) is 0. The van der Waals surface area contributed by atoms with Crippen LogP contribution in [-0.4, -0.2) is 22.4 Å². The maximum Gasteiger partial charge on any atom is 0.312 e. The van der Waals surface area contributed by atoms with Gasteiger partial charge in [0.05, 0.1) is 23.4 Å². The Hall–Kier alpha value is -2.10. The van der Waals surface area contributed by atoms with Crippen molar-refractivity contribution in [3.8, 4) is 5.69 Å². The summed E-state index contributed by atoms with van der Waals surface area (Å²) < 4.78 is 7.78. The molecule has 1 aromatic carbocycles. The number of fused-ring (bicyclic) bond motifs is 5. The molecule has 3 fully saturated rings. The van der Waals surface area contributed by atoms with E-state index in [0.29, 0.717) is 18.4 Å². The second-order valence-corrected chi connectivity index (χ2v) is 12.2. The maximum absolute atomic E-state index is 13.2. The van der Waals surface area contributed by atoms with Gasteiger partial charge < -0.3 is 4.74 Å². The van der Waals surface area contributed by atoms with Gasteiger partial charge in [-0.25, -0.2) is 4.68 Å². The average Bonchev–Trinajstić information content (AvgIpc) is 3.32. The number of carbonyl (C=O) groups excluding carboxylic acids is 1. The SMILES string of the molecule is CCOC(=O)[C@]1(C)CCC[C@@]2(C)[C@@H]3CC[C@@]4(C)C[C@]3(CC[C@@H]21)c1cn(-c2ccccc2)nc14. The Morgan fingerprint density at radius 3 is 2.58 bits per heavy atom. The number of hydrogen-bond acceptors (Lipinski definition) is 3. The van der Waals surface area contributed by atoms with Crippen LogP contribution in [-0.2, 0) is 20.4 Å². The molecule has 6 rings (SSSR count). The lowest BCUT2D eigenvalue weighted by Gasteiger charge is -2.64. The number of rotatable bonds is 3. The predicted octanol–water partition coefficient (Wildman–Crippen LogP) is 6.35. The van der Waals surface area contributed by atoms with E-state index in [-0.39, 0.29) is 27.6 Å². The lowest BCUT2D eigenvalue weighted by molar-refractivity contribution is -0.180. The van der Waals surface area contributed by atoms with Gasteiger partial charge in [-0.1, -0.05) is 38.5 Å². The van der Waals surface area contributed by atoms with Crippen LogP contribution in [0.2, 0.25) is 0 Å². The number of aromatic nitrogens is 2. The number of ether oxygens (including phenoxy) is 1. The van der Waals surface area contributed by atoms with E-state index in [0.717, 1.165) is 24.9 Å². The first kappa shape index (κ1) is 21.4. The van der Waals surface area contributed by atoms with Gasteiger partial charge in [0.1, 0.15) is 0 Å². The minimum atomic E-state index is -0.346. The second-order valence-electron chi connectivity index (χ2n) is 12.2. The maximum atomic E-state index is 13.2. The Morgan fingerprint density at radius 2 is 1.82 bits per heavy atom. The highest BCUT2D eigenvalue weighted by Gasteiger charge is 2.68. The highest BCUT2D eigenvalue weighted by molar-refractivity contribution is 5.77. The van der Waals surface area contributed by atoms with E-state index < -0.39 is 0 Å². The third-order valence-electron chi connectivity index (χ3n) is 10.6. The average molecular weight is 447 g/mol. The fourth-order valence-corrected chi connectivity index (χ4v) is 9.31. The summed E-state index contributed by atoms with van der Waals surface area (Å²) in [7, 11) is 0. The van der Waals surface area contributed by atoms with Crippen LogP contribution in [0, 0.1) is 22.7 Å². The molecular formula is C29H38N2O2. The molecular weight excluding hydrogens is 408 g/mol. The summed E-state index contributed by atoms with van der Waals surface area (Å²) >= 11 is 0. The molecule has 33 heavy (non-hydrogen) atoms. The fraction of sp³-hybridized carbons (Fsp3) is 0.655. The zero-order chi connectivity index (χ0) is 23.1. The van der Waals surface area contributed by atoms with Crippen molar-refractivity contribution in [1.29, 1.82) is 0 Å². The summed E-state index contributed by atoms with van der Waals surface area (Å²) in [5.74, 6) is 1.06. The van der Waals surface area contributed by atoms with Gasteiger partial charge in [-0.2, -0.15) is 5.10 Å². The Labute approximate surface area is 198 Å². The quantitative estimate of drug-likeness (QED) is 0.516. The van der Waals surface area contributed by atoms with Crippen molar-refractivity contribution in [3.05, 3.63) is 47.8 Å². The van der Waals surface area contributed by atoms with Crippen molar-refractivity contribution >= 4 is 5.97 Å². The molecule has 2 bridgehead atoms. The van der Waals surface area contributed by atoms with E-state index in [4.69, 9.17) is 9.84 Å². The highest BCUT2D eigenvalue weighted by atomic mass is 16.5. The largest absolute Gasteiger partial charge is 0.466 e. The molecule has 176 valence electrons. The van der Waals surface area contributed by atoms with Crippen LogP contribution in [0.4, 0.5) is 0 Å². The van der Waals surface area contributed by atoms with Gasteiger partial charge in [-0.15, -0.1) is 0 Å². The molecule has 0 aliphatic heterocycles. The first-order valence-corrected chi connectivity index (χ1v) is 13.1. The van der Waals surface area contributed by atoms with Crippen LogP contribution in [0.1, 0.15) is 90.3 Å². The number of nitrogens with zero attached hydrogens (tertiary/aromatic N) is 2. The van der Waals surface area contributed by atoms with Crippen molar-refractivity contribution < 1.29 is 9.53 Å². The monoisotopic (exact) mass is 446 g/mol. The van der Waals surface area contributed by atoms with Crippen LogP contribution < -0.4 is 0 Å². The van der Waals surface area contributed by atoms with E-state index in [1.165, 1.54) is 43.4 Å². The van der Waals surface area contributed by atoms with Gasteiger partial charge in [0.2, 0.25) is 0 Å². The van der Waals surface area contributed by atoms with Gasteiger partial charge in [-0.05, 0) is 88.2 Å². The summed E-state index contributed by atoms with van der Waals surface area (Å²) in [6.45, 7) is 9.61. The van der Waals surface area contributed by atoms with E-state index in [1.54, 1.807) is 0 Å². The van der Waals surface area contributed by atoms with E-state index in [1.807, 2.05) is 6.92 Å². The Morgan fingerprint density at radius 1 is 1.06 bits per heavy atom. The lowest BCUT2D eigenvalue weighted by atomic mass is 9.40. The Bertz CT molecular complexity index is 1090. The molecule has 4 heteroatoms. The normalized spacial score (nSPS) is 41.1. The fourth-order valence-electron chi connectivity index (χ4n) is 9.31. The Kier molecular flexibility index (Phi) is 4.52. The van der Waals surface area contributed by atoms with Gasteiger partial charge in [0.15, 0.2) is 0 Å². The van der Waals surface area contributed by atoms with Crippen LogP contribution in [0.3, 0.4) is 0 Å². The zero-order valence-corrected chi connectivity index (χ0v) is 20.7. The number of esters is 1. The Balaban J connectivity index is 1.44. The molecule has 4 aliphatic carbocycles. The van der Waals surface area contributed by atoms with E-state index in [9.17, 15) is 4.79 Å². The second kappa shape index (κ2) is 6.96. The molecule has 0 radical (unpaired) electrons. The van der Waals surface area contributed by atoms with Crippen molar-refractivity contribution in [3.63, 3.8) is 0 Å². The molecule has 1 spiro atoms. The molecule has 0 unspecified atom stereocenters. The zero-order valence-electron chi connectivity index (χ0n) is 20.7. The van der Waals surface area contributed by atoms with Crippen LogP contribution in [0.5, 0.6) is 0 Å². The molecule has 4 nitrogen and oxygen atoms in total. The van der Waals surface area contributed by atoms with Crippen molar-refractivity contribution in [2.24, 2.45) is 22.7 Å². The summed E-state index contributed by atoms with van der Waals surface area (Å²) in [5.41, 5.74) is 4.21. The highest BCUT2D eigenvalue weighted by Crippen LogP contribution is 2.72. The number of benzene rings is 1. The minimum Gasteiger partial charge on any atom is -0.466 e. The molecule has 2 aromatic rings. The molecule has 1 heterocycles. The third kappa shape index (κ3) is 2.70. The predicted molar refractivity (Wildman–Crippen MR) is 129 cm³/mol.